The summed E-state index contributed by atoms with van der Waals surface area (Å²) in [6.07, 6.45) is 0. The van der Waals surface area contributed by atoms with Gasteiger partial charge in [-0.05, 0) is 37.1 Å². The quantitative estimate of drug-likeness (QED) is 0.815. The zero-order valence-electron chi connectivity index (χ0n) is 13.5. The third-order valence-electron chi connectivity index (χ3n) is 3.39. The van der Waals surface area contributed by atoms with Crippen LogP contribution in [-0.2, 0) is 5.41 Å². The largest absolute Gasteiger partial charge is 0.496 e. The number of ether oxygens (including phenoxy) is 1. The molecule has 0 aliphatic heterocycles. The Morgan fingerprint density at radius 3 is 2.38 bits per heavy atom. The van der Waals surface area contributed by atoms with Gasteiger partial charge in [0.1, 0.15) is 16.2 Å². The first-order valence-electron chi connectivity index (χ1n) is 7.00. The zero-order chi connectivity index (χ0) is 15.8. The molecule has 0 saturated heterocycles. The maximum atomic E-state index is 5.55. The van der Waals surface area contributed by atoms with Crippen LogP contribution in [0.2, 0.25) is 0 Å². The van der Waals surface area contributed by atoms with Crippen molar-refractivity contribution in [2.45, 2.75) is 40.0 Å². The maximum absolute atomic E-state index is 5.55. The standard InChI is InChI=1S/C17H22N2OS/c1-10-7-11(2)15(13(8-10)20-6)12-9-14(21)19-16(18-12)17(3,4)5/h7-9H,1-6H3,(H,18,19,21). The van der Waals surface area contributed by atoms with Gasteiger partial charge in [0, 0.05) is 11.0 Å². The van der Waals surface area contributed by atoms with Gasteiger partial charge in [-0.25, -0.2) is 4.98 Å². The van der Waals surface area contributed by atoms with Gasteiger partial charge in [0.05, 0.1) is 12.8 Å². The molecule has 0 bridgehead atoms. The van der Waals surface area contributed by atoms with Crippen LogP contribution in [0, 0.1) is 18.5 Å². The van der Waals surface area contributed by atoms with E-state index >= 15 is 0 Å². The van der Waals surface area contributed by atoms with E-state index in [0.29, 0.717) is 4.64 Å². The van der Waals surface area contributed by atoms with E-state index in [0.717, 1.165) is 28.4 Å². The molecule has 4 heteroatoms. The Balaban J connectivity index is 2.74. The SMILES string of the molecule is COc1cc(C)cc(C)c1-c1cc(=S)nc(C(C)(C)C)[nH]1. The maximum Gasteiger partial charge on any atom is 0.130 e. The van der Waals surface area contributed by atoms with E-state index in [1.165, 1.54) is 5.56 Å². The first kappa shape index (κ1) is 15.7. The molecule has 21 heavy (non-hydrogen) atoms. The van der Waals surface area contributed by atoms with Crippen molar-refractivity contribution in [1.82, 2.24) is 9.97 Å². The van der Waals surface area contributed by atoms with Crippen molar-refractivity contribution in [3.05, 3.63) is 39.8 Å². The Labute approximate surface area is 131 Å². The highest BCUT2D eigenvalue weighted by molar-refractivity contribution is 7.71. The summed E-state index contributed by atoms with van der Waals surface area (Å²) in [5.74, 6) is 1.73. The Morgan fingerprint density at radius 2 is 1.81 bits per heavy atom. The van der Waals surface area contributed by atoms with Crippen LogP contribution in [-0.4, -0.2) is 17.1 Å². The molecule has 2 rings (SSSR count). The van der Waals surface area contributed by atoms with Gasteiger partial charge in [-0.3, -0.25) is 0 Å². The number of aryl methyl sites for hydroxylation is 2. The fraction of sp³-hybridized carbons (Fsp3) is 0.412. The molecule has 2 aromatic rings. The van der Waals surface area contributed by atoms with E-state index in [2.05, 4.69) is 50.7 Å². The number of benzene rings is 1. The van der Waals surface area contributed by atoms with Crippen LogP contribution in [0.25, 0.3) is 11.3 Å². The number of rotatable bonds is 2. The average Bonchev–Trinajstić information content (AvgIpc) is 2.35. The van der Waals surface area contributed by atoms with Crippen molar-refractivity contribution >= 4 is 12.2 Å². The number of H-pyrrole nitrogens is 1. The molecule has 3 nitrogen and oxygen atoms in total. The summed E-state index contributed by atoms with van der Waals surface area (Å²) in [4.78, 5) is 7.87. The molecule has 1 aromatic carbocycles. The summed E-state index contributed by atoms with van der Waals surface area (Å²) >= 11 is 5.33. The lowest BCUT2D eigenvalue weighted by molar-refractivity contribution is 0.415. The number of nitrogens with zero attached hydrogens (tertiary/aromatic N) is 1. The normalized spacial score (nSPS) is 11.5. The molecule has 0 spiro atoms. The minimum Gasteiger partial charge on any atom is -0.496 e. The van der Waals surface area contributed by atoms with Gasteiger partial charge in [0.25, 0.3) is 0 Å². The van der Waals surface area contributed by atoms with E-state index in [1.54, 1.807) is 7.11 Å². The topological polar surface area (TPSA) is 37.9 Å². The Kier molecular flexibility index (Phi) is 4.19. The van der Waals surface area contributed by atoms with Crippen molar-refractivity contribution in [3.8, 4) is 17.0 Å². The van der Waals surface area contributed by atoms with Crippen molar-refractivity contribution in [2.24, 2.45) is 0 Å². The summed E-state index contributed by atoms with van der Waals surface area (Å²) in [5, 5.41) is 0. The lowest BCUT2D eigenvalue weighted by Crippen LogP contribution is -2.16. The summed E-state index contributed by atoms with van der Waals surface area (Å²) in [6, 6.07) is 6.08. The Bertz CT molecular complexity index is 727. The van der Waals surface area contributed by atoms with Crippen molar-refractivity contribution in [3.63, 3.8) is 0 Å². The third-order valence-corrected chi connectivity index (χ3v) is 3.60. The van der Waals surface area contributed by atoms with Crippen LogP contribution in [0.5, 0.6) is 5.75 Å². The van der Waals surface area contributed by atoms with E-state index in [9.17, 15) is 0 Å². The Morgan fingerprint density at radius 1 is 1.14 bits per heavy atom. The molecule has 0 aliphatic carbocycles. The average molecular weight is 302 g/mol. The highest BCUT2D eigenvalue weighted by atomic mass is 32.1. The van der Waals surface area contributed by atoms with E-state index in [1.807, 2.05) is 12.1 Å². The number of hydrogen-bond acceptors (Lipinski definition) is 3. The monoisotopic (exact) mass is 302 g/mol. The first-order chi connectivity index (χ1) is 9.72. The zero-order valence-corrected chi connectivity index (χ0v) is 14.3. The summed E-state index contributed by atoms with van der Waals surface area (Å²) < 4.78 is 6.15. The second kappa shape index (κ2) is 5.60. The molecule has 1 heterocycles. The summed E-state index contributed by atoms with van der Waals surface area (Å²) in [7, 11) is 1.69. The van der Waals surface area contributed by atoms with Gasteiger partial charge >= 0.3 is 0 Å². The van der Waals surface area contributed by atoms with Crippen LogP contribution in [0.1, 0.15) is 37.7 Å². The van der Waals surface area contributed by atoms with Gasteiger partial charge in [-0.15, -0.1) is 0 Å². The predicted molar refractivity (Wildman–Crippen MR) is 89.6 cm³/mol. The number of methoxy groups -OCH3 is 1. The minimum atomic E-state index is -0.0879. The summed E-state index contributed by atoms with van der Waals surface area (Å²) in [5.41, 5.74) is 4.24. The van der Waals surface area contributed by atoms with Gasteiger partial charge < -0.3 is 9.72 Å². The van der Waals surface area contributed by atoms with Crippen LogP contribution < -0.4 is 4.74 Å². The molecular weight excluding hydrogens is 280 g/mol. The molecule has 1 N–H and O–H groups in total. The lowest BCUT2D eigenvalue weighted by atomic mass is 9.95. The van der Waals surface area contributed by atoms with Gasteiger partial charge in [0.2, 0.25) is 0 Å². The van der Waals surface area contributed by atoms with Crippen molar-refractivity contribution in [2.75, 3.05) is 7.11 Å². The molecule has 0 fully saturated rings. The van der Waals surface area contributed by atoms with Gasteiger partial charge in [-0.1, -0.05) is 39.1 Å². The van der Waals surface area contributed by atoms with Crippen molar-refractivity contribution < 1.29 is 4.74 Å². The van der Waals surface area contributed by atoms with Gasteiger partial charge in [-0.2, -0.15) is 0 Å². The van der Waals surface area contributed by atoms with Crippen molar-refractivity contribution in [1.29, 1.82) is 0 Å². The molecule has 0 aliphatic rings. The molecule has 1 aromatic heterocycles. The fourth-order valence-corrected chi connectivity index (χ4v) is 2.59. The lowest BCUT2D eigenvalue weighted by Gasteiger charge is -2.20. The summed E-state index contributed by atoms with van der Waals surface area (Å²) in [6.45, 7) is 10.5. The van der Waals surface area contributed by atoms with Crippen LogP contribution in [0.15, 0.2) is 18.2 Å². The molecule has 0 saturated carbocycles. The van der Waals surface area contributed by atoms with Gasteiger partial charge in [0.15, 0.2) is 0 Å². The molecule has 0 amide bonds. The van der Waals surface area contributed by atoms with E-state index in [4.69, 9.17) is 17.0 Å². The highest BCUT2D eigenvalue weighted by Gasteiger charge is 2.19. The van der Waals surface area contributed by atoms with E-state index < -0.39 is 0 Å². The molecule has 0 unspecified atom stereocenters. The van der Waals surface area contributed by atoms with Crippen LogP contribution in [0.4, 0.5) is 0 Å². The number of aromatic nitrogens is 2. The predicted octanol–water partition coefficient (Wildman–Crippen LogP) is 4.73. The number of aromatic amines is 1. The third kappa shape index (κ3) is 3.32. The highest BCUT2D eigenvalue weighted by Crippen LogP contribution is 2.34. The second-order valence-corrected chi connectivity index (χ2v) is 6.81. The number of nitrogens with one attached hydrogen (secondary N) is 1. The molecular formula is C17H22N2OS. The minimum absolute atomic E-state index is 0.0879. The molecule has 0 radical (unpaired) electrons. The fourth-order valence-electron chi connectivity index (χ4n) is 2.38. The molecule has 0 atom stereocenters. The molecule has 112 valence electrons. The van der Waals surface area contributed by atoms with Crippen LogP contribution in [0.3, 0.4) is 0 Å². The van der Waals surface area contributed by atoms with E-state index in [-0.39, 0.29) is 5.41 Å². The first-order valence-corrected chi connectivity index (χ1v) is 7.40. The Hall–Kier alpha value is -1.68. The smallest absolute Gasteiger partial charge is 0.130 e. The number of hydrogen-bond donors (Lipinski definition) is 1. The second-order valence-electron chi connectivity index (χ2n) is 6.39. The van der Waals surface area contributed by atoms with Crippen LogP contribution >= 0.6 is 12.2 Å².